The van der Waals surface area contributed by atoms with Crippen LogP contribution in [-0.4, -0.2) is 11.1 Å². The first-order chi connectivity index (χ1) is 11.5. The Labute approximate surface area is 149 Å². The molecule has 1 aliphatic heterocycles. The van der Waals surface area contributed by atoms with E-state index in [2.05, 4.69) is 0 Å². The minimum absolute atomic E-state index is 0.318. The zero-order valence-electron chi connectivity index (χ0n) is 12.9. The summed E-state index contributed by atoms with van der Waals surface area (Å²) in [5, 5.41) is 0.164. The molecule has 2 amide bonds. The van der Waals surface area contributed by atoms with Crippen LogP contribution in [0.1, 0.15) is 12.5 Å². The fraction of sp³-hybridized carbons (Fsp3) is 0.0526. The summed E-state index contributed by atoms with van der Waals surface area (Å²) in [6.07, 6.45) is 3.70. The number of hydrogen-bond donors (Lipinski definition) is 0. The third kappa shape index (κ3) is 3.61. The van der Waals surface area contributed by atoms with Crippen LogP contribution in [0.15, 0.2) is 71.2 Å². The number of rotatable bonds is 3. The number of benzene rings is 2. The number of carbonyl (C=O) groups is 2. The maximum atomic E-state index is 12.6. The lowest BCUT2D eigenvalue weighted by molar-refractivity contribution is -0.113. The van der Waals surface area contributed by atoms with Gasteiger partial charge in [0.2, 0.25) is 0 Å². The summed E-state index contributed by atoms with van der Waals surface area (Å²) in [6, 6.07) is 16.5. The molecule has 120 valence electrons. The van der Waals surface area contributed by atoms with Crippen LogP contribution in [0.25, 0.3) is 6.08 Å². The van der Waals surface area contributed by atoms with Crippen molar-refractivity contribution in [2.24, 2.45) is 0 Å². The molecule has 2 aromatic carbocycles. The molecule has 0 aromatic heterocycles. The molecule has 0 bridgehead atoms. The van der Waals surface area contributed by atoms with Gasteiger partial charge in [0, 0.05) is 5.02 Å². The maximum Gasteiger partial charge on any atom is 0.298 e. The van der Waals surface area contributed by atoms with Gasteiger partial charge in [-0.05, 0) is 54.1 Å². The van der Waals surface area contributed by atoms with Crippen LogP contribution in [0.3, 0.4) is 0 Å². The third-order valence-electron chi connectivity index (χ3n) is 3.41. The van der Waals surface area contributed by atoms with Crippen molar-refractivity contribution in [1.82, 2.24) is 0 Å². The Bertz CT molecular complexity index is 859. The molecule has 1 saturated heterocycles. The topological polar surface area (TPSA) is 37.4 Å². The fourth-order valence-corrected chi connectivity index (χ4v) is 3.44. The van der Waals surface area contributed by atoms with Crippen molar-refractivity contribution in [2.45, 2.75) is 6.92 Å². The van der Waals surface area contributed by atoms with Crippen molar-refractivity contribution in [3.8, 4) is 0 Å². The molecular formula is C19H14ClNO2S. The van der Waals surface area contributed by atoms with E-state index >= 15 is 0 Å². The van der Waals surface area contributed by atoms with Gasteiger partial charge >= 0.3 is 0 Å². The number of allylic oxidation sites excluding steroid dienone is 2. The monoisotopic (exact) mass is 355 g/mol. The van der Waals surface area contributed by atoms with Crippen LogP contribution in [0, 0.1) is 0 Å². The van der Waals surface area contributed by atoms with Crippen LogP contribution >= 0.6 is 23.4 Å². The van der Waals surface area contributed by atoms with Gasteiger partial charge in [0.15, 0.2) is 0 Å². The molecule has 0 atom stereocenters. The Hall–Kier alpha value is -2.30. The lowest BCUT2D eigenvalue weighted by Crippen LogP contribution is -2.27. The minimum atomic E-state index is -0.326. The number of hydrogen-bond acceptors (Lipinski definition) is 3. The highest BCUT2D eigenvalue weighted by Gasteiger charge is 2.36. The Morgan fingerprint density at radius 2 is 1.83 bits per heavy atom. The van der Waals surface area contributed by atoms with E-state index in [1.165, 1.54) is 0 Å². The van der Waals surface area contributed by atoms with E-state index in [1.807, 2.05) is 43.3 Å². The Balaban J connectivity index is 1.87. The summed E-state index contributed by atoms with van der Waals surface area (Å²) in [7, 11) is 0. The second kappa shape index (κ2) is 7.07. The average molecular weight is 356 g/mol. The molecule has 0 aliphatic carbocycles. The summed E-state index contributed by atoms with van der Waals surface area (Å²) in [5.74, 6) is -0.326. The van der Waals surface area contributed by atoms with Gasteiger partial charge in [0.25, 0.3) is 11.1 Å². The first-order valence-corrected chi connectivity index (χ1v) is 8.51. The van der Waals surface area contributed by atoms with Gasteiger partial charge in [-0.2, -0.15) is 0 Å². The molecule has 5 heteroatoms. The lowest BCUT2D eigenvalue weighted by atomic mass is 10.1. The largest absolute Gasteiger partial charge is 0.298 e. The van der Waals surface area contributed by atoms with Gasteiger partial charge in [0.05, 0.1) is 10.6 Å². The number of halogens is 1. The standard InChI is InChI=1S/C19H14ClNO2S/c1-13(10-14-6-3-2-4-7-14)11-17-18(22)21(19(23)24-17)16-9-5-8-15(20)12-16/h2-12H,1H3/b13-10+,17-11-. The molecule has 1 aliphatic rings. The molecule has 2 aromatic rings. The highest BCUT2D eigenvalue weighted by molar-refractivity contribution is 8.18. The number of anilines is 1. The number of carbonyl (C=O) groups excluding carboxylic acids is 2. The summed E-state index contributed by atoms with van der Waals surface area (Å²) in [6.45, 7) is 1.90. The molecule has 1 heterocycles. The van der Waals surface area contributed by atoms with Crippen LogP contribution in [0.4, 0.5) is 10.5 Å². The normalized spacial score (nSPS) is 17.0. The smallest absolute Gasteiger partial charge is 0.268 e. The van der Waals surface area contributed by atoms with Crippen molar-refractivity contribution in [3.63, 3.8) is 0 Å². The SMILES string of the molecule is CC(/C=C1\SC(=O)N(c2cccc(Cl)c2)C1=O)=C\c1ccccc1. The summed E-state index contributed by atoms with van der Waals surface area (Å²) >= 11 is 6.89. The van der Waals surface area contributed by atoms with Gasteiger partial charge in [-0.1, -0.05) is 54.1 Å². The number of imide groups is 1. The predicted octanol–water partition coefficient (Wildman–Crippen LogP) is 5.53. The van der Waals surface area contributed by atoms with Crippen LogP contribution in [0.5, 0.6) is 0 Å². The second-order valence-corrected chi connectivity index (χ2v) is 6.73. The summed E-state index contributed by atoms with van der Waals surface area (Å²) < 4.78 is 0. The molecule has 24 heavy (non-hydrogen) atoms. The zero-order chi connectivity index (χ0) is 17.1. The van der Waals surface area contributed by atoms with Gasteiger partial charge in [0.1, 0.15) is 0 Å². The van der Waals surface area contributed by atoms with Gasteiger partial charge in [-0.3, -0.25) is 9.59 Å². The number of nitrogens with zero attached hydrogens (tertiary/aromatic N) is 1. The second-order valence-electron chi connectivity index (χ2n) is 5.30. The lowest BCUT2D eigenvalue weighted by Gasteiger charge is -2.12. The van der Waals surface area contributed by atoms with Crippen LogP contribution in [-0.2, 0) is 4.79 Å². The van der Waals surface area contributed by atoms with Gasteiger partial charge in [-0.25, -0.2) is 4.90 Å². The molecule has 0 unspecified atom stereocenters. The first kappa shape index (κ1) is 16.6. The van der Waals surface area contributed by atoms with Crippen LogP contribution in [0.2, 0.25) is 5.02 Å². The van der Waals surface area contributed by atoms with E-state index in [0.717, 1.165) is 27.8 Å². The van der Waals surface area contributed by atoms with Crippen molar-refractivity contribution >= 4 is 46.3 Å². The molecule has 3 rings (SSSR count). The molecule has 1 fully saturated rings. The van der Waals surface area contributed by atoms with E-state index in [9.17, 15) is 9.59 Å². The van der Waals surface area contributed by atoms with E-state index < -0.39 is 0 Å². The average Bonchev–Trinajstić information content (AvgIpc) is 2.82. The molecule has 0 saturated carbocycles. The minimum Gasteiger partial charge on any atom is -0.268 e. The number of thioether (sulfide) groups is 1. The molecule has 0 radical (unpaired) electrons. The zero-order valence-corrected chi connectivity index (χ0v) is 14.5. The van der Waals surface area contributed by atoms with Crippen molar-refractivity contribution in [2.75, 3.05) is 4.90 Å². The quantitative estimate of drug-likeness (QED) is 0.679. The maximum absolute atomic E-state index is 12.6. The Morgan fingerprint density at radius 1 is 1.08 bits per heavy atom. The molecule has 0 spiro atoms. The fourth-order valence-electron chi connectivity index (χ4n) is 2.37. The highest BCUT2D eigenvalue weighted by Crippen LogP contribution is 2.36. The third-order valence-corrected chi connectivity index (χ3v) is 4.52. The highest BCUT2D eigenvalue weighted by atomic mass is 35.5. The van der Waals surface area contributed by atoms with Crippen molar-refractivity contribution < 1.29 is 9.59 Å². The predicted molar refractivity (Wildman–Crippen MR) is 100 cm³/mol. The van der Waals surface area contributed by atoms with Crippen molar-refractivity contribution in [1.29, 1.82) is 0 Å². The van der Waals surface area contributed by atoms with Gasteiger partial charge < -0.3 is 0 Å². The summed E-state index contributed by atoms with van der Waals surface area (Å²) in [4.78, 5) is 26.3. The number of amides is 2. The van der Waals surface area contributed by atoms with E-state index in [0.29, 0.717) is 15.6 Å². The van der Waals surface area contributed by atoms with Gasteiger partial charge in [-0.15, -0.1) is 0 Å². The van der Waals surface area contributed by atoms with Crippen molar-refractivity contribution in [3.05, 3.63) is 81.7 Å². The first-order valence-electron chi connectivity index (χ1n) is 7.31. The van der Waals surface area contributed by atoms with E-state index in [1.54, 1.807) is 30.3 Å². The van der Waals surface area contributed by atoms with E-state index in [-0.39, 0.29) is 11.1 Å². The van der Waals surface area contributed by atoms with E-state index in [4.69, 9.17) is 11.6 Å². The molecular weight excluding hydrogens is 342 g/mol. The Kier molecular flexibility index (Phi) is 4.88. The summed E-state index contributed by atoms with van der Waals surface area (Å²) in [5.41, 5.74) is 2.43. The van der Waals surface area contributed by atoms with Crippen LogP contribution < -0.4 is 4.90 Å². The Morgan fingerprint density at radius 3 is 2.54 bits per heavy atom. The molecule has 3 nitrogen and oxygen atoms in total. The molecule has 0 N–H and O–H groups in total.